The molecule has 2 N–H and O–H groups in total. The number of hydrogen-bond acceptors (Lipinski definition) is 3. The number of nitrogens with one attached hydrogen (secondary N) is 2. The van der Waals surface area contributed by atoms with Crippen LogP contribution in [0.5, 0.6) is 0 Å². The van der Waals surface area contributed by atoms with Crippen LogP contribution in [0.4, 0.5) is 0 Å². The molecule has 0 amide bonds. The van der Waals surface area contributed by atoms with Crippen molar-refractivity contribution in [2.24, 2.45) is 10.9 Å². The number of ether oxygens (including phenoxy) is 2. The van der Waals surface area contributed by atoms with Crippen LogP contribution in [0.2, 0.25) is 0 Å². The zero-order valence-electron chi connectivity index (χ0n) is 12.6. The maximum Gasteiger partial charge on any atom is 0.191 e. The lowest BCUT2D eigenvalue weighted by Crippen LogP contribution is -2.40. The zero-order valence-corrected chi connectivity index (χ0v) is 12.6. The van der Waals surface area contributed by atoms with Gasteiger partial charge in [0.2, 0.25) is 0 Å². The summed E-state index contributed by atoms with van der Waals surface area (Å²) in [5, 5.41) is 6.62. The van der Waals surface area contributed by atoms with E-state index in [-0.39, 0.29) is 0 Å². The molecule has 1 fully saturated rings. The number of rotatable bonds is 10. The van der Waals surface area contributed by atoms with E-state index in [0.29, 0.717) is 25.9 Å². The molecule has 0 aromatic heterocycles. The maximum atomic E-state index is 5.48. The molecule has 5 nitrogen and oxygen atoms in total. The van der Waals surface area contributed by atoms with Gasteiger partial charge in [0.25, 0.3) is 0 Å². The highest BCUT2D eigenvalue weighted by atomic mass is 16.5. The number of aliphatic imine (C=N–C) groups is 1. The minimum atomic E-state index is 0.596. The highest BCUT2D eigenvalue weighted by Crippen LogP contribution is 2.28. The summed E-state index contributed by atoms with van der Waals surface area (Å²) in [4.78, 5) is 4.18. The molecular weight excluding hydrogens is 242 g/mol. The summed E-state index contributed by atoms with van der Waals surface area (Å²) < 4.78 is 10.9. The smallest absolute Gasteiger partial charge is 0.191 e. The van der Waals surface area contributed by atoms with E-state index in [1.807, 2.05) is 0 Å². The second kappa shape index (κ2) is 10.0. The predicted molar refractivity (Wildman–Crippen MR) is 78.6 cm³/mol. The number of unbranched alkanes of at least 4 members (excludes halogenated alkanes) is 1. The summed E-state index contributed by atoms with van der Waals surface area (Å²) in [5.41, 5.74) is 0. The Morgan fingerprint density at radius 3 is 2.47 bits per heavy atom. The monoisotopic (exact) mass is 271 g/mol. The van der Waals surface area contributed by atoms with E-state index in [2.05, 4.69) is 29.5 Å². The SMILES string of the molecule is CCCCOCCOCCNC(=NC)NC1CC1C. The van der Waals surface area contributed by atoms with Gasteiger partial charge in [-0.2, -0.15) is 0 Å². The molecule has 0 aliphatic heterocycles. The lowest BCUT2D eigenvalue weighted by molar-refractivity contribution is 0.0487. The molecule has 1 aliphatic rings. The first-order chi connectivity index (χ1) is 9.27. The molecule has 0 spiro atoms. The third-order valence-electron chi connectivity index (χ3n) is 3.21. The highest BCUT2D eigenvalue weighted by molar-refractivity contribution is 5.80. The van der Waals surface area contributed by atoms with E-state index in [1.165, 1.54) is 12.8 Å². The van der Waals surface area contributed by atoms with Crippen molar-refractivity contribution in [1.82, 2.24) is 10.6 Å². The average molecular weight is 271 g/mol. The Kier molecular flexibility index (Phi) is 8.58. The molecule has 1 aliphatic carbocycles. The van der Waals surface area contributed by atoms with Crippen LogP contribution < -0.4 is 10.6 Å². The number of hydrogen-bond donors (Lipinski definition) is 2. The summed E-state index contributed by atoms with van der Waals surface area (Å²) in [6, 6.07) is 0.596. The van der Waals surface area contributed by atoms with Crippen LogP contribution in [0.3, 0.4) is 0 Å². The Bertz CT molecular complexity index is 259. The number of guanidine groups is 1. The Hall–Kier alpha value is -0.810. The van der Waals surface area contributed by atoms with Gasteiger partial charge in [-0.3, -0.25) is 4.99 Å². The van der Waals surface area contributed by atoms with Crippen molar-refractivity contribution in [2.75, 3.05) is 40.0 Å². The molecule has 0 heterocycles. The molecule has 2 atom stereocenters. The topological polar surface area (TPSA) is 54.9 Å². The highest BCUT2D eigenvalue weighted by Gasteiger charge is 2.33. The second-order valence-electron chi connectivity index (χ2n) is 5.04. The molecule has 0 aromatic rings. The fourth-order valence-electron chi connectivity index (χ4n) is 1.70. The summed E-state index contributed by atoms with van der Waals surface area (Å²) in [7, 11) is 1.80. The summed E-state index contributed by atoms with van der Waals surface area (Å²) in [6.07, 6.45) is 3.55. The molecule has 0 bridgehead atoms. The van der Waals surface area contributed by atoms with Crippen LogP contribution in [0.15, 0.2) is 4.99 Å². The lowest BCUT2D eigenvalue weighted by atomic mass is 10.4. The first kappa shape index (κ1) is 16.2. The molecule has 1 rings (SSSR count). The molecule has 0 aromatic carbocycles. The first-order valence-electron chi connectivity index (χ1n) is 7.40. The largest absolute Gasteiger partial charge is 0.379 e. The van der Waals surface area contributed by atoms with Crippen molar-refractivity contribution in [1.29, 1.82) is 0 Å². The van der Waals surface area contributed by atoms with Gasteiger partial charge in [0.05, 0.1) is 19.8 Å². The zero-order chi connectivity index (χ0) is 13.9. The van der Waals surface area contributed by atoms with Gasteiger partial charge in [0.1, 0.15) is 0 Å². The van der Waals surface area contributed by atoms with Crippen LogP contribution in [0.25, 0.3) is 0 Å². The minimum absolute atomic E-state index is 0.596. The average Bonchev–Trinajstić information content (AvgIpc) is 3.11. The standard InChI is InChI=1S/C14H29N3O2/c1-4-5-7-18-9-10-19-8-6-16-14(15-3)17-13-11-12(13)2/h12-13H,4-11H2,1-3H3,(H2,15,16,17). The summed E-state index contributed by atoms with van der Waals surface area (Å²) in [5.74, 6) is 1.65. The molecule has 112 valence electrons. The molecule has 1 saturated carbocycles. The predicted octanol–water partition coefficient (Wildman–Crippen LogP) is 1.39. The van der Waals surface area contributed by atoms with E-state index in [1.54, 1.807) is 7.05 Å². The number of nitrogens with zero attached hydrogens (tertiary/aromatic N) is 1. The van der Waals surface area contributed by atoms with Gasteiger partial charge in [-0.1, -0.05) is 20.3 Å². The molecule has 0 saturated heterocycles. The van der Waals surface area contributed by atoms with Gasteiger partial charge >= 0.3 is 0 Å². The molecular formula is C14H29N3O2. The van der Waals surface area contributed by atoms with Crippen LogP contribution in [-0.2, 0) is 9.47 Å². The van der Waals surface area contributed by atoms with E-state index in [4.69, 9.17) is 9.47 Å². The summed E-state index contributed by atoms with van der Waals surface area (Å²) >= 11 is 0. The van der Waals surface area contributed by atoms with Crippen LogP contribution in [-0.4, -0.2) is 52.0 Å². The van der Waals surface area contributed by atoms with Crippen LogP contribution in [0.1, 0.15) is 33.1 Å². The van der Waals surface area contributed by atoms with E-state index >= 15 is 0 Å². The van der Waals surface area contributed by atoms with Crippen molar-refractivity contribution in [2.45, 2.75) is 39.2 Å². The van der Waals surface area contributed by atoms with Crippen LogP contribution in [0, 0.1) is 5.92 Å². The van der Waals surface area contributed by atoms with Gasteiger partial charge in [-0.25, -0.2) is 0 Å². The van der Waals surface area contributed by atoms with Crippen molar-refractivity contribution in [3.8, 4) is 0 Å². The Morgan fingerprint density at radius 1 is 1.21 bits per heavy atom. The Labute approximate surface area is 117 Å². The van der Waals surface area contributed by atoms with Gasteiger partial charge in [-0.05, 0) is 18.8 Å². The molecule has 19 heavy (non-hydrogen) atoms. The van der Waals surface area contributed by atoms with E-state index in [9.17, 15) is 0 Å². The minimum Gasteiger partial charge on any atom is -0.379 e. The molecule has 0 radical (unpaired) electrons. The maximum absolute atomic E-state index is 5.48. The quantitative estimate of drug-likeness (QED) is 0.358. The summed E-state index contributed by atoms with van der Waals surface area (Å²) in [6.45, 7) is 8.05. The first-order valence-corrected chi connectivity index (χ1v) is 7.40. The fraction of sp³-hybridized carbons (Fsp3) is 0.929. The van der Waals surface area contributed by atoms with Crippen molar-refractivity contribution >= 4 is 5.96 Å². The van der Waals surface area contributed by atoms with Crippen molar-refractivity contribution in [3.05, 3.63) is 0 Å². The molecule has 5 heteroatoms. The van der Waals surface area contributed by atoms with Crippen LogP contribution >= 0.6 is 0 Å². The Morgan fingerprint density at radius 2 is 1.89 bits per heavy atom. The van der Waals surface area contributed by atoms with Crippen molar-refractivity contribution in [3.63, 3.8) is 0 Å². The van der Waals surface area contributed by atoms with E-state index in [0.717, 1.165) is 31.4 Å². The second-order valence-corrected chi connectivity index (χ2v) is 5.04. The van der Waals surface area contributed by atoms with Gasteiger partial charge < -0.3 is 20.1 Å². The van der Waals surface area contributed by atoms with Gasteiger partial charge in [0, 0.05) is 26.2 Å². The lowest BCUT2D eigenvalue weighted by Gasteiger charge is -2.11. The normalized spacial score (nSPS) is 22.4. The van der Waals surface area contributed by atoms with E-state index < -0.39 is 0 Å². The van der Waals surface area contributed by atoms with Gasteiger partial charge in [0.15, 0.2) is 5.96 Å². The Balaban J connectivity index is 1.86. The van der Waals surface area contributed by atoms with Gasteiger partial charge in [-0.15, -0.1) is 0 Å². The third-order valence-corrected chi connectivity index (χ3v) is 3.21. The third kappa shape index (κ3) is 8.06. The molecule has 2 unspecified atom stereocenters. The fourth-order valence-corrected chi connectivity index (χ4v) is 1.70. The van der Waals surface area contributed by atoms with Crippen molar-refractivity contribution < 1.29 is 9.47 Å².